The van der Waals surface area contributed by atoms with E-state index in [9.17, 15) is 8.78 Å². The second kappa shape index (κ2) is 11.8. The van der Waals surface area contributed by atoms with Gasteiger partial charge in [0.05, 0.1) is 24.9 Å². The minimum atomic E-state index is -0.525. The lowest BCUT2D eigenvalue weighted by Crippen LogP contribution is -2.14. The van der Waals surface area contributed by atoms with Gasteiger partial charge in [0.15, 0.2) is 0 Å². The third kappa shape index (κ3) is 7.00. The Labute approximate surface area is 213 Å². The van der Waals surface area contributed by atoms with Crippen LogP contribution in [0.5, 0.6) is 11.6 Å². The number of nitrogens with zero attached hydrogens (tertiary/aromatic N) is 3. The first-order valence-corrected chi connectivity index (χ1v) is 13.9. The van der Waals surface area contributed by atoms with E-state index in [2.05, 4.69) is 35.4 Å². The second-order valence-electron chi connectivity index (χ2n) is 9.23. The third-order valence-corrected chi connectivity index (χ3v) is 7.09. The molecule has 1 aromatic carbocycles. The monoisotopic (exact) mass is 514 g/mol. The molecule has 3 heterocycles. The highest BCUT2D eigenvalue weighted by atomic mass is 32.2. The normalized spacial score (nSPS) is 17.0. The zero-order valence-corrected chi connectivity index (χ0v) is 21.9. The fourth-order valence-corrected chi connectivity index (χ4v) is 5.51. The van der Waals surface area contributed by atoms with Crippen LogP contribution in [0.4, 0.5) is 20.4 Å². The molecule has 1 N–H and O–H groups in total. The van der Waals surface area contributed by atoms with E-state index in [-0.39, 0.29) is 28.4 Å². The fourth-order valence-electron chi connectivity index (χ4n) is 4.07. The van der Waals surface area contributed by atoms with Gasteiger partial charge in [-0.05, 0) is 76.1 Å². The molecule has 0 saturated heterocycles. The molecule has 6 nitrogen and oxygen atoms in total. The number of fused-ring (bicyclic) bond motifs is 6. The largest absolute Gasteiger partial charge is 0.493 e. The summed E-state index contributed by atoms with van der Waals surface area (Å²) in [6.07, 6.45) is 5.63. The maximum atomic E-state index is 14.9. The summed E-state index contributed by atoms with van der Waals surface area (Å²) in [6.45, 7) is 6.55. The molecule has 2 aromatic heterocycles. The molecule has 0 saturated carbocycles. The molecule has 3 aromatic rings. The Balaban J connectivity index is 1.75. The summed E-state index contributed by atoms with van der Waals surface area (Å²) >= 11 is 0. The standard InChI is InChI=1S/C27H32F2N4O2S/c1-17(2)33-36(4)16-19-11-26-31-25-14-22(23(29)15-30-25)21-9-8-20(28)13-24(21)34-10-6-5-7-18(3)35-27(12-19)32-26/h8-9,11-15,17-18H,5-7,10,16H2,1-4H3,(H,30,31,32). The maximum absolute atomic E-state index is 14.9. The molecule has 36 heavy (non-hydrogen) atoms. The zero-order valence-electron chi connectivity index (χ0n) is 21.1. The van der Waals surface area contributed by atoms with Gasteiger partial charge >= 0.3 is 0 Å². The summed E-state index contributed by atoms with van der Waals surface area (Å²) in [5.41, 5.74) is 1.78. The molecule has 4 bridgehead atoms. The zero-order chi connectivity index (χ0) is 25.7. The van der Waals surface area contributed by atoms with Gasteiger partial charge in [-0.25, -0.2) is 13.8 Å². The molecule has 2 unspecified atom stereocenters. The lowest BCUT2D eigenvalue weighted by molar-refractivity contribution is 0.194. The topological polar surface area (TPSA) is 68.6 Å². The Hall–Kier alpha value is -3.07. The summed E-state index contributed by atoms with van der Waals surface area (Å²) in [5.74, 6) is 1.57. The van der Waals surface area contributed by atoms with Gasteiger partial charge < -0.3 is 14.8 Å². The van der Waals surface area contributed by atoms with E-state index in [0.717, 1.165) is 36.8 Å². The van der Waals surface area contributed by atoms with Gasteiger partial charge in [0.1, 0.15) is 29.0 Å². The summed E-state index contributed by atoms with van der Waals surface area (Å²) in [6, 6.07) is 9.86. The Bertz CT molecular complexity index is 1250. The van der Waals surface area contributed by atoms with Crippen LogP contribution in [0.1, 0.15) is 45.6 Å². The van der Waals surface area contributed by atoms with E-state index < -0.39 is 11.6 Å². The van der Waals surface area contributed by atoms with E-state index in [0.29, 0.717) is 35.4 Å². The Morgan fingerprint density at radius 3 is 2.75 bits per heavy atom. The van der Waals surface area contributed by atoms with Crippen molar-refractivity contribution in [1.82, 2.24) is 9.97 Å². The number of pyridine rings is 2. The minimum absolute atomic E-state index is 0.0472. The highest BCUT2D eigenvalue weighted by Gasteiger charge is 2.16. The highest BCUT2D eigenvalue weighted by Crippen LogP contribution is 2.34. The van der Waals surface area contributed by atoms with Gasteiger partial charge in [0.2, 0.25) is 5.88 Å². The van der Waals surface area contributed by atoms with Gasteiger partial charge in [0.25, 0.3) is 0 Å². The van der Waals surface area contributed by atoms with Crippen molar-refractivity contribution in [3.63, 3.8) is 0 Å². The molecule has 0 fully saturated rings. The smallest absolute Gasteiger partial charge is 0.215 e. The predicted molar refractivity (Wildman–Crippen MR) is 141 cm³/mol. The average molecular weight is 515 g/mol. The molecule has 1 aliphatic heterocycles. The third-order valence-electron chi connectivity index (χ3n) is 5.56. The van der Waals surface area contributed by atoms with Crippen molar-refractivity contribution >= 4 is 22.3 Å². The van der Waals surface area contributed by atoms with E-state index in [4.69, 9.17) is 13.8 Å². The molecule has 0 amide bonds. The van der Waals surface area contributed by atoms with Crippen LogP contribution in [0.25, 0.3) is 11.1 Å². The molecular formula is C27H32F2N4O2S. The fraction of sp³-hybridized carbons (Fsp3) is 0.407. The van der Waals surface area contributed by atoms with Crippen molar-refractivity contribution in [2.75, 3.05) is 18.2 Å². The van der Waals surface area contributed by atoms with E-state index in [1.807, 2.05) is 19.1 Å². The summed E-state index contributed by atoms with van der Waals surface area (Å²) in [4.78, 5) is 8.85. The van der Waals surface area contributed by atoms with Crippen molar-refractivity contribution in [3.8, 4) is 22.8 Å². The first-order chi connectivity index (χ1) is 17.3. The number of hydrogen-bond acceptors (Lipinski definition) is 6. The van der Waals surface area contributed by atoms with Crippen LogP contribution in [0.2, 0.25) is 0 Å². The van der Waals surface area contributed by atoms with Gasteiger partial charge in [-0.2, -0.15) is 4.98 Å². The molecule has 1 aliphatic rings. The Morgan fingerprint density at radius 2 is 1.94 bits per heavy atom. The van der Waals surface area contributed by atoms with Crippen LogP contribution in [0.15, 0.2) is 47.0 Å². The molecule has 0 aliphatic carbocycles. The lowest BCUT2D eigenvalue weighted by atomic mass is 10.0. The van der Waals surface area contributed by atoms with Crippen molar-refractivity contribution < 1.29 is 18.3 Å². The lowest BCUT2D eigenvalue weighted by Gasteiger charge is -2.18. The Morgan fingerprint density at radius 1 is 1.11 bits per heavy atom. The first-order valence-electron chi connectivity index (χ1n) is 12.1. The van der Waals surface area contributed by atoms with Gasteiger partial charge in [-0.1, -0.05) is 10.7 Å². The van der Waals surface area contributed by atoms with Crippen LogP contribution in [-0.4, -0.2) is 35.0 Å². The molecule has 2 atom stereocenters. The number of benzene rings is 1. The van der Waals surface area contributed by atoms with Crippen molar-refractivity contribution in [2.45, 2.75) is 57.9 Å². The van der Waals surface area contributed by atoms with Gasteiger partial charge in [-0.3, -0.25) is 4.36 Å². The van der Waals surface area contributed by atoms with E-state index in [1.165, 1.54) is 18.2 Å². The van der Waals surface area contributed by atoms with Gasteiger partial charge in [-0.15, -0.1) is 0 Å². The van der Waals surface area contributed by atoms with Crippen molar-refractivity contribution in [1.29, 1.82) is 0 Å². The van der Waals surface area contributed by atoms with Crippen LogP contribution >= 0.6 is 0 Å². The second-order valence-corrected chi connectivity index (χ2v) is 10.9. The average Bonchev–Trinajstić information content (AvgIpc) is 2.79. The number of aromatic nitrogens is 2. The predicted octanol–water partition coefficient (Wildman–Crippen LogP) is 6.84. The molecule has 192 valence electrons. The first kappa shape index (κ1) is 26.0. The molecule has 4 rings (SSSR count). The number of anilines is 2. The van der Waals surface area contributed by atoms with E-state index >= 15 is 0 Å². The van der Waals surface area contributed by atoms with Crippen molar-refractivity contribution in [3.05, 3.63) is 59.8 Å². The van der Waals surface area contributed by atoms with Crippen LogP contribution in [0, 0.1) is 11.6 Å². The summed E-state index contributed by atoms with van der Waals surface area (Å²) in [5, 5.41) is 3.19. The van der Waals surface area contributed by atoms with Crippen molar-refractivity contribution in [2.24, 2.45) is 4.36 Å². The summed E-state index contributed by atoms with van der Waals surface area (Å²) in [7, 11) is -0.156. The molecule has 0 radical (unpaired) electrons. The molecule has 0 spiro atoms. The maximum Gasteiger partial charge on any atom is 0.215 e. The number of ether oxygens (including phenoxy) is 2. The highest BCUT2D eigenvalue weighted by molar-refractivity contribution is 7.85. The molecular weight excluding hydrogens is 482 g/mol. The SMILES string of the molecule is CC(C)N=S(C)Cc1cc2nc(c1)OC(C)CCCCOc1cc(F)ccc1-c1cc(ncc1F)N2. The Kier molecular flexibility index (Phi) is 8.51. The van der Waals surface area contributed by atoms with Crippen LogP contribution < -0.4 is 14.8 Å². The van der Waals surface area contributed by atoms with Crippen LogP contribution in [0.3, 0.4) is 0 Å². The quantitative estimate of drug-likeness (QED) is 0.415. The van der Waals surface area contributed by atoms with Gasteiger partial charge in [0, 0.05) is 29.0 Å². The number of rotatable bonds is 3. The van der Waals surface area contributed by atoms with E-state index in [1.54, 1.807) is 6.07 Å². The minimum Gasteiger partial charge on any atom is -0.493 e. The van der Waals surface area contributed by atoms with Crippen LogP contribution in [-0.2, 0) is 16.4 Å². The number of hydrogen-bond donors (Lipinski definition) is 1. The number of nitrogens with one attached hydrogen (secondary N) is 1. The molecule has 9 heteroatoms. The summed E-state index contributed by atoms with van der Waals surface area (Å²) < 4.78 is 45.6. The number of halogens is 2.